The second-order valence-corrected chi connectivity index (χ2v) is 4.19. The van der Waals surface area contributed by atoms with Crippen molar-refractivity contribution in [2.75, 3.05) is 20.3 Å². The normalized spacial score (nSPS) is 12.1. The van der Waals surface area contributed by atoms with E-state index in [1.54, 1.807) is 25.4 Å². The Morgan fingerprint density at radius 2 is 2.28 bits per heavy atom. The fraction of sp³-hybridized carbons (Fsp3) is 0.500. The van der Waals surface area contributed by atoms with Gasteiger partial charge in [0.15, 0.2) is 0 Å². The molecule has 18 heavy (non-hydrogen) atoms. The molecule has 0 aliphatic carbocycles. The van der Waals surface area contributed by atoms with E-state index in [1.165, 1.54) is 4.57 Å². The summed E-state index contributed by atoms with van der Waals surface area (Å²) >= 11 is 0. The van der Waals surface area contributed by atoms with Crippen molar-refractivity contribution in [2.45, 2.75) is 13.5 Å². The van der Waals surface area contributed by atoms with Gasteiger partial charge in [0, 0.05) is 19.9 Å². The van der Waals surface area contributed by atoms with Gasteiger partial charge < -0.3 is 19.7 Å². The SMILES string of the molecule is COCC(C)CNC(=O)c1cccn1CC(=O)O. The summed E-state index contributed by atoms with van der Waals surface area (Å²) in [7, 11) is 1.61. The molecule has 0 aliphatic heterocycles. The topological polar surface area (TPSA) is 80.6 Å². The summed E-state index contributed by atoms with van der Waals surface area (Å²) in [5.74, 6) is -1.04. The smallest absolute Gasteiger partial charge is 0.323 e. The van der Waals surface area contributed by atoms with Crippen molar-refractivity contribution in [2.24, 2.45) is 5.92 Å². The molecule has 1 heterocycles. The predicted octanol–water partition coefficient (Wildman–Crippen LogP) is 0.585. The van der Waals surface area contributed by atoms with Gasteiger partial charge in [0.1, 0.15) is 12.2 Å². The summed E-state index contributed by atoms with van der Waals surface area (Å²) in [4.78, 5) is 22.5. The van der Waals surface area contributed by atoms with E-state index < -0.39 is 5.97 Å². The van der Waals surface area contributed by atoms with Crippen LogP contribution in [0.5, 0.6) is 0 Å². The van der Waals surface area contributed by atoms with E-state index in [-0.39, 0.29) is 18.4 Å². The van der Waals surface area contributed by atoms with Crippen molar-refractivity contribution in [1.82, 2.24) is 9.88 Å². The lowest BCUT2D eigenvalue weighted by Gasteiger charge is -2.12. The first-order valence-corrected chi connectivity index (χ1v) is 5.68. The van der Waals surface area contributed by atoms with E-state index in [4.69, 9.17) is 9.84 Å². The molecule has 0 saturated heterocycles. The van der Waals surface area contributed by atoms with E-state index in [0.717, 1.165) is 0 Å². The molecule has 1 aromatic rings. The number of carbonyl (C=O) groups is 2. The van der Waals surface area contributed by atoms with Crippen molar-refractivity contribution in [3.05, 3.63) is 24.0 Å². The third kappa shape index (κ3) is 4.21. The molecule has 1 rings (SSSR count). The van der Waals surface area contributed by atoms with Gasteiger partial charge >= 0.3 is 5.97 Å². The van der Waals surface area contributed by atoms with E-state index in [2.05, 4.69) is 5.32 Å². The highest BCUT2D eigenvalue weighted by Gasteiger charge is 2.13. The lowest BCUT2D eigenvalue weighted by Crippen LogP contribution is -2.31. The first-order valence-electron chi connectivity index (χ1n) is 5.68. The van der Waals surface area contributed by atoms with Crippen LogP contribution < -0.4 is 5.32 Å². The summed E-state index contributed by atoms with van der Waals surface area (Å²) < 4.78 is 6.37. The quantitative estimate of drug-likeness (QED) is 0.746. The van der Waals surface area contributed by atoms with Crippen molar-refractivity contribution in [3.8, 4) is 0 Å². The Balaban J connectivity index is 2.56. The van der Waals surface area contributed by atoms with Crippen LogP contribution >= 0.6 is 0 Å². The summed E-state index contributed by atoms with van der Waals surface area (Å²) in [6, 6.07) is 3.25. The molecular formula is C12H18N2O4. The number of hydrogen-bond donors (Lipinski definition) is 2. The number of nitrogens with one attached hydrogen (secondary N) is 1. The number of carbonyl (C=O) groups excluding carboxylic acids is 1. The molecule has 0 aromatic carbocycles. The molecule has 2 N–H and O–H groups in total. The number of aromatic nitrogens is 1. The van der Waals surface area contributed by atoms with Gasteiger partial charge in [0.2, 0.25) is 0 Å². The maximum atomic E-state index is 11.9. The zero-order chi connectivity index (χ0) is 13.5. The van der Waals surface area contributed by atoms with Crippen LogP contribution in [0.15, 0.2) is 18.3 Å². The Hall–Kier alpha value is -1.82. The Morgan fingerprint density at radius 1 is 1.56 bits per heavy atom. The summed E-state index contributed by atoms with van der Waals surface area (Å²) in [6.07, 6.45) is 1.57. The first kappa shape index (κ1) is 14.2. The molecule has 0 bridgehead atoms. The molecule has 6 nitrogen and oxygen atoms in total. The van der Waals surface area contributed by atoms with Gasteiger partial charge in [-0.15, -0.1) is 0 Å². The minimum absolute atomic E-state index is 0.210. The second-order valence-electron chi connectivity index (χ2n) is 4.19. The van der Waals surface area contributed by atoms with Crippen LogP contribution in [0.1, 0.15) is 17.4 Å². The summed E-state index contributed by atoms with van der Waals surface area (Å²) in [5, 5.41) is 11.5. The number of ether oxygens (including phenoxy) is 1. The Bertz CT molecular complexity index is 414. The fourth-order valence-electron chi connectivity index (χ4n) is 1.60. The third-order valence-corrected chi connectivity index (χ3v) is 2.43. The largest absolute Gasteiger partial charge is 0.480 e. The van der Waals surface area contributed by atoms with Crippen molar-refractivity contribution < 1.29 is 19.4 Å². The van der Waals surface area contributed by atoms with Crippen LogP contribution in [-0.4, -0.2) is 41.8 Å². The fourth-order valence-corrected chi connectivity index (χ4v) is 1.60. The molecule has 0 radical (unpaired) electrons. The number of amides is 1. The second kappa shape index (κ2) is 6.80. The molecular weight excluding hydrogens is 236 g/mol. The Kier molecular flexibility index (Phi) is 5.38. The molecule has 6 heteroatoms. The van der Waals surface area contributed by atoms with Crippen LogP contribution in [0.25, 0.3) is 0 Å². The lowest BCUT2D eigenvalue weighted by molar-refractivity contribution is -0.137. The van der Waals surface area contributed by atoms with Crippen molar-refractivity contribution >= 4 is 11.9 Å². The number of carboxylic acid groups (broad SMARTS) is 1. The number of rotatable bonds is 7. The molecule has 0 aliphatic rings. The van der Waals surface area contributed by atoms with E-state index in [9.17, 15) is 9.59 Å². The van der Waals surface area contributed by atoms with Gasteiger partial charge in [0.05, 0.1) is 6.61 Å². The molecule has 100 valence electrons. The van der Waals surface area contributed by atoms with Crippen LogP contribution in [0.3, 0.4) is 0 Å². The van der Waals surface area contributed by atoms with Gasteiger partial charge in [-0.2, -0.15) is 0 Å². The lowest BCUT2D eigenvalue weighted by atomic mass is 10.2. The van der Waals surface area contributed by atoms with Gasteiger partial charge in [-0.05, 0) is 18.1 Å². The van der Waals surface area contributed by atoms with Crippen LogP contribution in [-0.2, 0) is 16.1 Å². The molecule has 0 spiro atoms. The van der Waals surface area contributed by atoms with Gasteiger partial charge in [-0.1, -0.05) is 6.92 Å². The average Bonchev–Trinajstić information content (AvgIpc) is 2.73. The van der Waals surface area contributed by atoms with E-state index >= 15 is 0 Å². The number of nitrogens with zero attached hydrogens (tertiary/aromatic N) is 1. The van der Waals surface area contributed by atoms with Crippen molar-refractivity contribution in [1.29, 1.82) is 0 Å². The number of hydrogen-bond acceptors (Lipinski definition) is 3. The van der Waals surface area contributed by atoms with Gasteiger partial charge in [-0.25, -0.2) is 0 Å². The highest BCUT2D eigenvalue weighted by Crippen LogP contribution is 2.03. The highest BCUT2D eigenvalue weighted by atomic mass is 16.5. The maximum absolute atomic E-state index is 11.9. The van der Waals surface area contributed by atoms with Gasteiger partial charge in [-0.3, -0.25) is 9.59 Å². The predicted molar refractivity (Wildman–Crippen MR) is 65.4 cm³/mol. The molecule has 0 saturated carbocycles. The summed E-state index contributed by atoms with van der Waals surface area (Å²) in [5.41, 5.74) is 0.349. The zero-order valence-corrected chi connectivity index (χ0v) is 10.5. The Morgan fingerprint density at radius 3 is 2.89 bits per heavy atom. The minimum atomic E-state index is -0.979. The molecule has 0 fully saturated rings. The number of aliphatic carboxylic acids is 1. The van der Waals surface area contributed by atoms with E-state index in [0.29, 0.717) is 18.8 Å². The van der Waals surface area contributed by atoms with Crippen LogP contribution in [0, 0.1) is 5.92 Å². The van der Waals surface area contributed by atoms with Gasteiger partial charge in [0.25, 0.3) is 5.91 Å². The van der Waals surface area contributed by atoms with Crippen LogP contribution in [0.2, 0.25) is 0 Å². The number of carboxylic acids is 1. The van der Waals surface area contributed by atoms with Crippen molar-refractivity contribution in [3.63, 3.8) is 0 Å². The maximum Gasteiger partial charge on any atom is 0.323 e. The molecule has 1 aromatic heterocycles. The minimum Gasteiger partial charge on any atom is -0.480 e. The molecule has 1 amide bonds. The third-order valence-electron chi connectivity index (χ3n) is 2.43. The first-order chi connectivity index (χ1) is 8.54. The number of methoxy groups -OCH3 is 1. The summed E-state index contributed by atoms with van der Waals surface area (Å²) in [6.45, 7) is 2.80. The highest BCUT2D eigenvalue weighted by molar-refractivity contribution is 5.93. The zero-order valence-electron chi connectivity index (χ0n) is 10.5. The van der Waals surface area contributed by atoms with Crippen LogP contribution in [0.4, 0.5) is 0 Å². The average molecular weight is 254 g/mol. The standard InChI is InChI=1S/C12H18N2O4/c1-9(8-18-2)6-13-12(17)10-4-3-5-14(10)7-11(15)16/h3-5,9H,6-8H2,1-2H3,(H,13,17)(H,15,16). The molecule has 1 unspecified atom stereocenters. The Labute approximate surface area is 106 Å². The molecule has 1 atom stereocenters. The van der Waals surface area contributed by atoms with E-state index in [1.807, 2.05) is 6.92 Å². The monoisotopic (exact) mass is 254 g/mol.